The molecule has 0 bridgehead atoms. The summed E-state index contributed by atoms with van der Waals surface area (Å²) < 4.78 is 4.77. The fourth-order valence-corrected chi connectivity index (χ4v) is 1.40. The standard InChI is InChI=1S/C10H16N2O2/c1-2-14-9(13)7-12-8-10(3-4-10)5-6-11/h12H,2-5,7-8H2,1H3. The van der Waals surface area contributed by atoms with E-state index in [1.54, 1.807) is 6.92 Å². The number of hydrogen-bond donors (Lipinski definition) is 1. The number of esters is 1. The Balaban J connectivity index is 2.10. The number of carbonyl (C=O) groups is 1. The Kier molecular flexibility index (Phi) is 3.90. The SMILES string of the molecule is CCOC(=O)CNCC1(CC#N)CC1. The van der Waals surface area contributed by atoms with Gasteiger partial charge in [-0.15, -0.1) is 0 Å². The van der Waals surface area contributed by atoms with Crippen LogP contribution in [-0.2, 0) is 9.53 Å². The van der Waals surface area contributed by atoms with Gasteiger partial charge in [-0.25, -0.2) is 0 Å². The molecule has 0 aliphatic heterocycles. The Morgan fingerprint density at radius 2 is 2.36 bits per heavy atom. The molecule has 0 saturated heterocycles. The topological polar surface area (TPSA) is 62.1 Å². The second kappa shape index (κ2) is 4.97. The molecule has 1 rings (SSSR count). The molecule has 14 heavy (non-hydrogen) atoms. The van der Waals surface area contributed by atoms with Gasteiger partial charge in [0.25, 0.3) is 0 Å². The molecule has 1 aliphatic carbocycles. The lowest BCUT2D eigenvalue weighted by Gasteiger charge is -2.11. The second-order valence-corrected chi connectivity index (χ2v) is 3.74. The van der Waals surface area contributed by atoms with Crippen LogP contribution in [0.15, 0.2) is 0 Å². The van der Waals surface area contributed by atoms with Crippen LogP contribution in [0.5, 0.6) is 0 Å². The van der Waals surface area contributed by atoms with Crippen LogP contribution >= 0.6 is 0 Å². The summed E-state index contributed by atoms with van der Waals surface area (Å²) in [6, 6.07) is 2.18. The molecule has 4 nitrogen and oxygen atoms in total. The van der Waals surface area contributed by atoms with E-state index in [-0.39, 0.29) is 17.9 Å². The molecule has 1 aliphatic rings. The second-order valence-electron chi connectivity index (χ2n) is 3.74. The summed E-state index contributed by atoms with van der Waals surface area (Å²) in [7, 11) is 0. The third-order valence-electron chi connectivity index (χ3n) is 2.49. The minimum absolute atomic E-state index is 0.154. The van der Waals surface area contributed by atoms with Crippen molar-refractivity contribution < 1.29 is 9.53 Å². The third-order valence-corrected chi connectivity index (χ3v) is 2.49. The summed E-state index contributed by atoms with van der Waals surface area (Å²) >= 11 is 0. The molecule has 0 heterocycles. The lowest BCUT2D eigenvalue weighted by Crippen LogP contribution is -2.30. The average Bonchev–Trinajstić information content (AvgIpc) is 2.86. The summed E-state index contributed by atoms with van der Waals surface area (Å²) in [5, 5.41) is 11.6. The number of nitrogens with one attached hydrogen (secondary N) is 1. The highest BCUT2D eigenvalue weighted by atomic mass is 16.5. The summed E-state index contributed by atoms with van der Waals surface area (Å²) in [6.45, 7) is 3.21. The van der Waals surface area contributed by atoms with Crippen LogP contribution in [0, 0.1) is 16.7 Å². The van der Waals surface area contributed by atoms with Gasteiger partial charge >= 0.3 is 5.97 Å². The molecule has 0 unspecified atom stereocenters. The molecule has 0 aromatic carbocycles. The number of ether oxygens (including phenoxy) is 1. The van der Waals surface area contributed by atoms with Gasteiger partial charge in [0, 0.05) is 13.0 Å². The van der Waals surface area contributed by atoms with Crippen molar-refractivity contribution in [2.75, 3.05) is 19.7 Å². The van der Waals surface area contributed by atoms with Crippen molar-refractivity contribution >= 4 is 5.97 Å². The summed E-state index contributed by atoms with van der Waals surface area (Å²) in [6.07, 6.45) is 2.77. The van der Waals surface area contributed by atoms with E-state index in [1.165, 1.54) is 0 Å². The van der Waals surface area contributed by atoms with E-state index in [0.717, 1.165) is 19.4 Å². The Morgan fingerprint density at radius 1 is 1.64 bits per heavy atom. The maximum atomic E-state index is 11.0. The minimum atomic E-state index is -0.222. The van der Waals surface area contributed by atoms with Crippen LogP contribution in [0.4, 0.5) is 0 Å². The maximum Gasteiger partial charge on any atom is 0.319 e. The molecule has 0 amide bonds. The molecule has 0 aromatic rings. The van der Waals surface area contributed by atoms with Gasteiger partial charge in [0.1, 0.15) is 0 Å². The zero-order chi connectivity index (χ0) is 10.4. The van der Waals surface area contributed by atoms with E-state index in [4.69, 9.17) is 10.00 Å². The fraction of sp³-hybridized carbons (Fsp3) is 0.800. The smallest absolute Gasteiger partial charge is 0.319 e. The van der Waals surface area contributed by atoms with Gasteiger partial charge in [-0.2, -0.15) is 5.26 Å². The first kappa shape index (κ1) is 11.0. The van der Waals surface area contributed by atoms with E-state index in [0.29, 0.717) is 13.0 Å². The number of hydrogen-bond acceptors (Lipinski definition) is 4. The van der Waals surface area contributed by atoms with Crippen molar-refractivity contribution in [2.45, 2.75) is 26.2 Å². The highest BCUT2D eigenvalue weighted by Crippen LogP contribution is 2.47. The lowest BCUT2D eigenvalue weighted by molar-refractivity contribution is -0.142. The van der Waals surface area contributed by atoms with Crippen LogP contribution in [-0.4, -0.2) is 25.7 Å². The molecule has 1 fully saturated rings. The van der Waals surface area contributed by atoms with Crippen LogP contribution < -0.4 is 5.32 Å². The lowest BCUT2D eigenvalue weighted by atomic mass is 10.0. The zero-order valence-corrected chi connectivity index (χ0v) is 8.51. The molecule has 0 spiro atoms. The zero-order valence-electron chi connectivity index (χ0n) is 8.51. The van der Waals surface area contributed by atoms with Crippen LogP contribution in [0.25, 0.3) is 0 Å². The molecule has 4 heteroatoms. The predicted octanol–water partition coefficient (Wildman–Crippen LogP) is 0.833. The number of carbonyl (C=O) groups excluding carboxylic acids is 1. The van der Waals surface area contributed by atoms with Crippen molar-refractivity contribution in [3.8, 4) is 6.07 Å². The molecule has 0 aromatic heterocycles. The Bertz CT molecular complexity index is 241. The highest BCUT2D eigenvalue weighted by molar-refractivity contribution is 5.71. The van der Waals surface area contributed by atoms with Gasteiger partial charge < -0.3 is 10.1 Å². The van der Waals surface area contributed by atoms with Crippen molar-refractivity contribution in [1.82, 2.24) is 5.32 Å². The van der Waals surface area contributed by atoms with E-state index in [2.05, 4.69) is 11.4 Å². The van der Waals surface area contributed by atoms with E-state index in [1.807, 2.05) is 0 Å². The largest absolute Gasteiger partial charge is 0.465 e. The molecule has 1 N–H and O–H groups in total. The quantitative estimate of drug-likeness (QED) is 0.639. The Labute approximate surface area is 84.2 Å². The number of nitriles is 1. The van der Waals surface area contributed by atoms with Crippen LogP contribution in [0.2, 0.25) is 0 Å². The normalized spacial score (nSPS) is 17.1. The van der Waals surface area contributed by atoms with Crippen molar-refractivity contribution in [3.05, 3.63) is 0 Å². The first-order chi connectivity index (χ1) is 6.72. The fourth-order valence-electron chi connectivity index (χ4n) is 1.40. The third kappa shape index (κ3) is 3.35. The van der Waals surface area contributed by atoms with Gasteiger partial charge in [-0.1, -0.05) is 0 Å². The molecular formula is C10H16N2O2. The monoisotopic (exact) mass is 196 g/mol. The van der Waals surface area contributed by atoms with Gasteiger partial charge in [0.05, 0.1) is 19.2 Å². The van der Waals surface area contributed by atoms with Crippen molar-refractivity contribution in [3.63, 3.8) is 0 Å². The Morgan fingerprint density at radius 3 is 2.86 bits per heavy atom. The Hall–Kier alpha value is -1.08. The van der Waals surface area contributed by atoms with E-state index in [9.17, 15) is 4.79 Å². The maximum absolute atomic E-state index is 11.0. The molecule has 78 valence electrons. The van der Waals surface area contributed by atoms with Crippen LogP contribution in [0.3, 0.4) is 0 Å². The van der Waals surface area contributed by atoms with Crippen LogP contribution in [0.1, 0.15) is 26.2 Å². The number of nitrogens with zero attached hydrogens (tertiary/aromatic N) is 1. The van der Waals surface area contributed by atoms with E-state index >= 15 is 0 Å². The van der Waals surface area contributed by atoms with Crippen molar-refractivity contribution in [1.29, 1.82) is 5.26 Å². The average molecular weight is 196 g/mol. The highest BCUT2D eigenvalue weighted by Gasteiger charge is 2.41. The molecular weight excluding hydrogens is 180 g/mol. The number of rotatable bonds is 6. The summed E-state index contributed by atoms with van der Waals surface area (Å²) in [5.41, 5.74) is 0.154. The van der Waals surface area contributed by atoms with Gasteiger partial charge in [-0.05, 0) is 25.2 Å². The van der Waals surface area contributed by atoms with E-state index < -0.39 is 0 Å². The van der Waals surface area contributed by atoms with Crippen molar-refractivity contribution in [2.24, 2.45) is 5.41 Å². The molecule has 1 saturated carbocycles. The van der Waals surface area contributed by atoms with Gasteiger partial charge in [0.2, 0.25) is 0 Å². The summed E-state index contributed by atoms with van der Waals surface area (Å²) in [5.74, 6) is -0.222. The molecule has 0 radical (unpaired) electrons. The predicted molar refractivity (Wildman–Crippen MR) is 51.4 cm³/mol. The molecule has 0 atom stereocenters. The first-order valence-corrected chi connectivity index (χ1v) is 4.96. The minimum Gasteiger partial charge on any atom is -0.465 e. The summed E-state index contributed by atoms with van der Waals surface area (Å²) in [4.78, 5) is 11.0. The van der Waals surface area contributed by atoms with Gasteiger partial charge in [-0.3, -0.25) is 4.79 Å². The first-order valence-electron chi connectivity index (χ1n) is 4.96. The van der Waals surface area contributed by atoms with Gasteiger partial charge in [0.15, 0.2) is 0 Å².